The number of carbonyl (C=O) groups excluding carboxylic acids is 1. The Balaban J connectivity index is 2.15. The summed E-state index contributed by atoms with van der Waals surface area (Å²) in [5, 5.41) is 13.7. The van der Waals surface area contributed by atoms with E-state index in [-0.39, 0.29) is 16.5 Å². The number of halogens is 1. The number of carbonyl (C=O) groups is 1. The molecule has 8 heteroatoms. The second-order valence-corrected chi connectivity index (χ2v) is 5.23. The number of phenols is 1. The normalized spacial score (nSPS) is 10.6. The number of amides is 1. The predicted molar refractivity (Wildman–Crippen MR) is 94.3 cm³/mol. The summed E-state index contributed by atoms with van der Waals surface area (Å²) < 4.78 is 15.3. The van der Waals surface area contributed by atoms with Gasteiger partial charge in [-0.2, -0.15) is 5.10 Å². The number of hydrogen-bond donors (Lipinski definition) is 2. The fourth-order valence-corrected chi connectivity index (χ4v) is 2.25. The van der Waals surface area contributed by atoms with Gasteiger partial charge in [0.1, 0.15) is 11.5 Å². The Kier molecular flexibility index (Phi) is 6.08. The molecule has 0 fully saturated rings. The maximum absolute atomic E-state index is 12.2. The van der Waals surface area contributed by atoms with E-state index in [0.29, 0.717) is 22.6 Å². The van der Waals surface area contributed by atoms with E-state index < -0.39 is 5.91 Å². The van der Waals surface area contributed by atoms with Gasteiger partial charge in [0.05, 0.1) is 38.1 Å². The van der Waals surface area contributed by atoms with E-state index in [1.54, 1.807) is 18.2 Å². The van der Waals surface area contributed by atoms with Crippen LogP contribution in [0.1, 0.15) is 15.9 Å². The van der Waals surface area contributed by atoms with Crippen molar-refractivity contribution in [3.63, 3.8) is 0 Å². The molecule has 0 unspecified atom stereocenters. The molecular formula is C17H17ClN2O5. The standard InChI is InChI=1S/C17H17ClN2O5/c1-23-11-4-5-12(14(8-11)24-2)17(22)20-19-9-10-6-13(18)16(21)15(7-10)25-3/h4-9,21H,1-3H3,(H,20,22)/b19-9-. The van der Waals surface area contributed by atoms with Gasteiger partial charge in [0.2, 0.25) is 0 Å². The number of hydrogen-bond acceptors (Lipinski definition) is 6. The maximum atomic E-state index is 12.2. The first-order valence-corrected chi connectivity index (χ1v) is 7.50. The number of rotatable bonds is 6. The van der Waals surface area contributed by atoms with E-state index in [4.69, 9.17) is 25.8 Å². The molecule has 0 spiro atoms. The number of ether oxygens (including phenoxy) is 3. The van der Waals surface area contributed by atoms with Gasteiger partial charge in [-0.15, -0.1) is 0 Å². The van der Waals surface area contributed by atoms with E-state index in [0.717, 1.165) is 0 Å². The van der Waals surface area contributed by atoms with E-state index >= 15 is 0 Å². The second kappa shape index (κ2) is 8.25. The van der Waals surface area contributed by atoms with E-state index in [1.807, 2.05) is 0 Å². The van der Waals surface area contributed by atoms with Crippen molar-refractivity contribution in [1.82, 2.24) is 5.43 Å². The molecule has 25 heavy (non-hydrogen) atoms. The fourth-order valence-electron chi connectivity index (χ4n) is 2.04. The van der Waals surface area contributed by atoms with Crippen LogP contribution in [0.3, 0.4) is 0 Å². The van der Waals surface area contributed by atoms with Crippen LogP contribution in [0.5, 0.6) is 23.0 Å². The minimum absolute atomic E-state index is 0.115. The predicted octanol–water partition coefficient (Wildman–Crippen LogP) is 2.84. The molecule has 0 heterocycles. The quantitative estimate of drug-likeness (QED) is 0.607. The number of nitrogens with one attached hydrogen (secondary N) is 1. The first-order valence-electron chi connectivity index (χ1n) is 7.12. The van der Waals surface area contributed by atoms with Crippen molar-refractivity contribution in [2.45, 2.75) is 0 Å². The molecule has 0 bridgehead atoms. The minimum atomic E-state index is -0.451. The average Bonchev–Trinajstić information content (AvgIpc) is 2.63. The van der Waals surface area contributed by atoms with E-state index in [2.05, 4.69) is 10.5 Å². The summed E-state index contributed by atoms with van der Waals surface area (Å²) in [6, 6.07) is 7.84. The van der Waals surface area contributed by atoms with Crippen LogP contribution in [-0.4, -0.2) is 38.6 Å². The second-order valence-electron chi connectivity index (χ2n) is 4.82. The highest BCUT2D eigenvalue weighted by molar-refractivity contribution is 6.32. The van der Waals surface area contributed by atoms with Crippen LogP contribution in [-0.2, 0) is 0 Å². The van der Waals surface area contributed by atoms with Gasteiger partial charge < -0.3 is 19.3 Å². The van der Waals surface area contributed by atoms with Crippen molar-refractivity contribution < 1.29 is 24.1 Å². The lowest BCUT2D eigenvalue weighted by molar-refractivity contribution is 0.0952. The summed E-state index contributed by atoms with van der Waals surface area (Å²) in [5.41, 5.74) is 3.24. The summed E-state index contributed by atoms with van der Waals surface area (Å²) in [5.74, 6) is 0.530. The van der Waals surface area contributed by atoms with E-state index in [9.17, 15) is 9.90 Å². The van der Waals surface area contributed by atoms with Crippen LogP contribution in [0.2, 0.25) is 5.02 Å². The molecule has 2 aromatic rings. The number of aromatic hydroxyl groups is 1. The molecule has 2 aromatic carbocycles. The van der Waals surface area contributed by atoms with Gasteiger partial charge in [0, 0.05) is 6.07 Å². The van der Waals surface area contributed by atoms with Crippen LogP contribution in [0, 0.1) is 0 Å². The molecule has 2 N–H and O–H groups in total. The molecule has 0 aliphatic heterocycles. The van der Waals surface area contributed by atoms with Gasteiger partial charge >= 0.3 is 0 Å². The third-order valence-electron chi connectivity index (χ3n) is 3.30. The Morgan fingerprint density at radius 2 is 1.84 bits per heavy atom. The fraction of sp³-hybridized carbons (Fsp3) is 0.176. The summed E-state index contributed by atoms with van der Waals surface area (Å²) in [6.45, 7) is 0. The number of benzene rings is 2. The van der Waals surface area contributed by atoms with Gasteiger partial charge in [-0.25, -0.2) is 5.43 Å². The van der Waals surface area contributed by atoms with Crippen molar-refractivity contribution in [2.24, 2.45) is 5.10 Å². The summed E-state index contributed by atoms with van der Waals surface area (Å²) >= 11 is 5.90. The van der Waals surface area contributed by atoms with Crippen LogP contribution in [0.15, 0.2) is 35.4 Å². The van der Waals surface area contributed by atoms with Crippen LogP contribution in [0.25, 0.3) is 0 Å². The van der Waals surface area contributed by atoms with Crippen molar-refractivity contribution in [3.8, 4) is 23.0 Å². The molecule has 2 rings (SSSR count). The molecular weight excluding hydrogens is 348 g/mol. The van der Waals surface area contributed by atoms with Crippen molar-refractivity contribution in [1.29, 1.82) is 0 Å². The zero-order valence-electron chi connectivity index (χ0n) is 13.9. The first-order chi connectivity index (χ1) is 12.0. The Morgan fingerprint density at radius 3 is 2.48 bits per heavy atom. The van der Waals surface area contributed by atoms with Crippen molar-refractivity contribution in [2.75, 3.05) is 21.3 Å². The Labute approximate surface area is 149 Å². The third-order valence-corrected chi connectivity index (χ3v) is 3.59. The van der Waals surface area contributed by atoms with Gasteiger partial charge in [-0.05, 0) is 29.8 Å². The lowest BCUT2D eigenvalue weighted by Crippen LogP contribution is -2.18. The number of methoxy groups -OCH3 is 3. The molecule has 0 atom stereocenters. The number of nitrogens with zero attached hydrogens (tertiary/aromatic N) is 1. The highest BCUT2D eigenvalue weighted by atomic mass is 35.5. The van der Waals surface area contributed by atoms with Crippen molar-refractivity contribution in [3.05, 3.63) is 46.5 Å². The molecule has 0 saturated carbocycles. The Bertz CT molecular complexity index is 808. The van der Waals surface area contributed by atoms with Crippen LogP contribution < -0.4 is 19.6 Å². The molecule has 0 aliphatic rings. The van der Waals surface area contributed by atoms with Crippen molar-refractivity contribution >= 4 is 23.7 Å². The zero-order chi connectivity index (χ0) is 18.4. The highest BCUT2D eigenvalue weighted by Gasteiger charge is 2.13. The average molecular weight is 365 g/mol. The molecule has 132 valence electrons. The summed E-state index contributed by atoms with van der Waals surface area (Å²) in [6.07, 6.45) is 1.38. The maximum Gasteiger partial charge on any atom is 0.275 e. The minimum Gasteiger partial charge on any atom is -0.503 e. The summed E-state index contributed by atoms with van der Waals surface area (Å²) in [4.78, 5) is 12.2. The first kappa shape index (κ1) is 18.4. The molecule has 0 aromatic heterocycles. The zero-order valence-corrected chi connectivity index (χ0v) is 14.6. The van der Waals surface area contributed by atoms with Gasteiger partial charge in [-0.1, -0.05) is 11.6 Å². The Morgan fingerprint density at radius 1 is 1.12 bits per heavy atom. The SMILES string of the molecule is COc1ccc(C(=O)N/N=C\c2cc(Cl)c(O)c(OC)c2)c(OC)c1. The van der Waals surface area contributed by atoms with Gasteiger partial charge in [0.25, 0.3) is 5.91 Å². The molecule has 1 amide bonds. The number of hydrazone groups is 1. The lowest BCUT2D eigenvalue weighted by Gasteiger charge is -2.09. The Hall–Kier alpha value is -2.93. The largest absolute Gasteiger partial charge is 0.503 e. The van der Waals surface area contributed by atoms with Crippen LogP contribution >= 0.6 is 11.6 Å². The summed E-state index contributed by atoms with van der Waals surface area (Å²) in [7, 11) is 4.39. The smallest absolute Gasteiger partial charge is 0.275 e. The molecule has 0 saturated heterocycles. The van der Waals surface area contributed by atoms with Gasteiger partial charge in [0.15, 0.2) is 11.5 Å². The molecule has 7 nitrogen and oxygen atoms in total. The van der Waals surface area contributed by atoms with Gasteiger partial charge in [-0.3, -0.25) is 4.79 Å². The highest BCUT2D eigenvalue weighted by Crippen LogP contribution is 2.34. The lowest BCUT2D eigenvalue weighted by atomic mass is 10.2. The molecule has 0 radical (unpaired) electrons. The third kappa shape index (κ3) is 4.33. The molecule has 0 aliphatic carbocycles. The topological polar surface area (TPSA) is 89.4 Å². The monoisotopic (exact) mass is 364 g/mol. The van der Waals surface area contributed by atoms with Crippen LogP contribution in [0.4, 0.5) is 0 Å². The van der Waals surface area contributed by atoms with E-state index in [1.165, 1.54) is 39.7 Å². The number of phenolic OH excluding ortho intramolecular Hbond substituents is 1.